The first-order valence-corrected chi connectivity index (χ1v) is 13.7. The van der Waals surface area contributed by atoms with Crippen LogP contribution in [0.5, 0.6) is 0 Å². The number of benzene rings is 3. The fourth-order valence-electron chi connectivity index (χ4n) is 3.99. The molecule has 0 aliphatic rings. The Morgan fingerprint density at radius 3 is 2.38 bits per heavy atom. The van der Waals surface area contributed by atoms with Crippen LogP contribution in [-0.2, 0) is 15.8 Å². The number of primary sulfonamides is 1. The number of nitrogens with two attached hydrogens (primary N) is 1. The van der Waals surface area contributed by atoms with Crippen molar-refractivity contribution >= 4 is 32.7 Å². The van der Waals surface area contributed by atoms with Crippen LogP contribution in [0.4, 0.5) is 4.39 Å². The number of rotatable bonds is 6. The normalized spacial score (nSPS) is 11.4. The summed E-state index contributed by atoms with van der Waals surface area (Å²) in [6.45, 7) is 0. The molecule has 9 heteroatoms. The van der Waals surface area contributed by atoms with Crippen molar-refractivity contribution in [2.75, 3.05) is 0 Å². The van der Waals surface area contributed by atoms with Gasteiger partial charge in [0.2, 0.25) is 10.0 Å². The van der Waals surface area contributed by atoms with E-state index in [9.17, 15) is 18.1 Å². The maximum Gasteiger partial charge on any atom is 0.238 e. The van der Waals surface area contributed by atoms with Gasteiger partial charge in [0, 0.05) is 27.8 Å². The van der Waals surface area contributed by atoms with E-state index in [0.29, 0.717) is 33.2 Å². The van der Waals surface area contributed by atoms with E-state index in [2.05, 4.69) is 11.1 Å². The summed E-state index contributed by atoms with van der Waals surface area (Å²) in [6, 6.07) is 27.5. The van der Waals surface area contributed by atoms with Crippen LogP contribution >= 0.6 is 11.8 Å². The van der Waals surface area contributed by atoms with Crippen LogP contribution in [0.2, 0.25) is 0 Å². The van der Waals surface area contributed by atoms with Gasteiger partial charge in [-0.25, -0.2) is 22.9 Å². The Morgan fingerprint density at radius 1 is 0.892 bits per heavy atom. The largest absolute Gasteiger partial charge is 0.252 e. The van der Waals surface area contributed by atoms with E-state index in [0.717, 1.165) is 16.6 Å². The van der Waals surface area contributed by atoms with Crippen LogP contribution in [-0.4, -0.2) is 18.4 Å². The van der Waals surface area contributed by atoms with Crippen LogP contribution in [0, 0.1) is 17.1 Å². The van der Waals surface area contributed by atoms with Gasteiger partial charge in [-0.1, -0.05) is 54.2 Å². The summed E-state index contributed by atoms with van der Waals surface area (Å²) in [5.74, 6) is 0.0449. The second kappa shape index (κ2) is 10.1. The number of aromatic nitrogens is 2. The van der Waals surface area contributed by atoms with Gasteiger partial charge < -0.3 is 0 Å². The van der Waals surface area contributed by atoms with Crippen molar-refractivity contribution in [3.05, 3.63) is 108 Å². The Kier molecular flexibility index (Phi) is 6.72. The van der Waals surface area contributed by atoms with Crippen LogP contribution in [0.3, 0.4) is 0 Å². The molecule has 2 heterocycles. The molecular weight excluding hydrogens is 507 g/mol. The Bertz CT molecular complexity index is 1780. The Labute approximate surface area is 217 Å². The van der Waals surface area contributed by atoms with E-state index in [1.54, 1.807) is 36.4 Å². The summed E-state index contributed by atoms with van der Waals surface area (Å²) in [5, 5.41) is 16.9. The summed E-state index contributed by atoms with van der Waals surface area (Å²) >= 11 is 1.35. The third-order valence-electron chi connectivity index (χ3n) is 5.72. The molecule has 0 saturated heterocycles. The molecule has 0 radical (unpaired) electrons. The highest BCUT2D eigenvalue weighted by molar-refractivity contribution is 7.98. The molecule has 2 aromatic heterocycles. The van der Waals surface area contributed by atoms with Crippen molar-refractivity contribution < 1.29 is 12.8 Å². The third kappa shape index (κ3) is 5.22. The standard InChI is InChI=1S/C28H19FN4O2S2/c29-21-12-9-19(10-13-21)27-24(23-6-2-4-8-26(23)37(31,34)35)15-20(16-30)28(33-27)36-17-22-14-11-18-5-1-3-7-25(18)32-22/h1-15H,17H2,(H2,31,34,35). The zero-order valence-electron chi connectivity index (χ0n) is 19.3. The minimum atomic E-state index is -4.07. The Hall–Kier alpha value is -4.10. The highest BCUT2D eigenvalue weighted by Crippen LogP contribution is 2.38. The van der Waals surface area contributed by atoms with E-state index >= 15 is 0 Å². The first kappa shape index (κ1) is 24.6. The number of nitrogens with zero attached hydrogens (tertiary/aromatic N) is 3. The topological polar surface area (TPSA) is 110 Å². The quantitative estimate of drug-likeness (QED) is 0.275. The minimum Gasteiger partial charge on any atom is -0.252 e. The van der Waals surface area contributed by atoms with E-state index in [4.69, 9.17) is 10.1 Å². The Balaban J connectivity index is 1.63. The van der Waals surface area contributed by atoms with Gasteiger partial charge in [-0.3, -0.25) is 4.98 Å². The van der Waals surface area contributed by atoms with Gasteiger partial charge >= 0.3 is 0 Å². The molecule has 0 amide bonds. The van der Waals surface area contributed by atoms with Gasteiger partial charge in [0.05, 0.1) is 27.4 Å². The lowest BCUT2D eigenvalue weighted by molar-refractivity contribution is 0.598. The fraction of sp³-hybridized carbons (Fsp3) is 0.0357. The number of pyridine rings is 2. The number of para-hydroxylation sites is 1. The summed E-state index contributed by atoms with van der Waals surface area (Å²) in [6.07, 6.45) is 0. The third-order valence-corrected chi connectivity index (χ3v) is 7.72. The van der Waals surface area contributed by atoms with Crippen LogP contribution in [0.15, 0.2) is 101 Å². The van der Waals surface area contributed by atoms with Crippen molar-refractivity contribution in [1.82, 2.24) is 9.97 Å². The smallest absolute Gasteiger partial charge is 0.238 e. The number of hydrogen-bond acceptors (Lipinski definition) is 6. The molecule has 2 N–H and O–H groups in total. The molecule has 3 aromatic carbocycles. The summed E-state index contributed by atoms with van der Waals surface area (Å²) in [5.41, 5.74) is 3.65. The van der Waals surface area contributed by atoms with Crippen molar-refractivity contribution in [2.24, 2.45) is 5.14 Å². The lowest BCUT2D eigenvalue weighted by Gasteiger charge is -2.15. The molecule has 0 aliphatic heterocycles. The number of fused-ring (bicyclic) bond motifs is 1. The lowest BCUT2D eigenvalue weighted by atomic mass is 9.98. The number of sulfonamides is 1. The SMILES string of the molecule is N#Cc1cc(-c2ccccc2S(N)(=O)=O)c(-c2ccc(F)cc2)nc1SCc1ccc2ccccc2n1. The Morgan fingerprint density at radius 2 is 1.62 bits per heavy atom. The van der Waals surface area contributed by atoms with Crippen LogP contribution in [0.25, 0.3) is 33.3 Å². The highest BCUT2D eigenvalue weighted by atomic mass is 32.2. The van der Waals surface area contributed by atoms with Gasteiger partial charge in [0.15, 0.2) is 0 Å². The molecule has 5 aromatic rings. The predicted octanol–water partition coefficient (Wildman–Crippen LogP) is 5.91. The van der Waals surface area contributed by atoms with Crippen LogP contribution in [0.1, 0.15) is 11.3 Å². The first-order valence-electron chi connectivity index (χ1n) is 11.1. The summed E-state index contributed by atoms with van der Waals surface area (Å²) in [4.78, 5) is 9.37. The van der Waals surface area contributed by atoms with Crippen molar-refractivity contribution in [1.29, 1.82) is 5.26 Å². The number of halogens is 1. The molecule has 0 bridgehead atoms. The lowest BCUT2D eigenvalue weighted by Crippen LogP contribution is -2.13. The molecule has 6 nitrogen and oxygen atoms in total. The number of thioether (sulfide) groups is 1. The molecule has 0 atom stereocenters. The zero-order valence-corrected chi connectivity index (χ0v) is 20.9. The molecule has 182 valence electrons. The predicted molar refractivity (Wildman–Crippen MR) is 142 cm³/mol. The number of nitriles is 1. The average molecular weight is 527 g/mol. The monoisotopic (exact) mass is 526 g/mol. The molecular formula is C28H19FN4O2S2. The van der Waals surface area contributed by atoms with Gasteiger partial charge in [0.1, 0.15) is 16.9 Å². The van der Waals surface area contributed by atoms with Gasteiger partial charge in [-0.15, -0.1) is 0 Å². The zero-order chi connectivity index (χ0) is 26.0. The molecule has 5 rings (SSSR count). The molecule has 0 spiro atoms. The van der Waals surface area contributed by atoms with Gasteiger partial charge in [-0.2, -0.15) is 5.26 Å². The second-order valence-electron chi connectivity index (χ2n) is 8.18. The molecule has 0 unspecified atom stereocenters. The van der Waals surface area contributed by atoms with Gasteiger partial charge in [0.25, 0.3) is 0 Å². The molecule has 0 saturated carbocycles. The fourth-order valence-corrected chi connectivity index (χ4v) is 5.60. The van der Waals surface area contributed by atoms with Crippen LogP contribution < -0.4 is 5.14 Å². The maximum atomic E-state index is 13.7. The van der Waals surface area contributed by atoms with Crippen molar-refractivity contribution in [3.63, 3.8) is 0 Å². The maximum absolute atomic E-state index is 13.7. The van der Waals surface area contributed by atoms with Crippen molar-refractivity contribution in [2.45, 2.75) is 15.7 Å². The van der Waals surface area contributed by atoms with Gasteiger partial charge in [-0.05, 0) is 48.5 Å². The van der Waals surface area contributed by atoms with E-state index < -0.39 is 15.8 Å². The minimum absolute atomic E-state index is 0.0928. The molecule has 0 aliphatic carbocycles. The first-order chi connectivity index (χ1) is 17.8. The van der Waals surface area contributed by atoms with E-state index in [-0.39, 0.29) is 10.5 Å². The molecule has 37 heavy (non-hydrogen) atoms. The van der Waals surface area contributed by atoms with Crippen molar-refractivity contribution in [3.8, 4) is 28.5 Å². The summed E-state index contributed by atoms with van der Waals surface area (Å²) in [7, 11) is -4.07. The van der Waals surface area contributed by atoms with E-state index in [1.165, 1.54) is 30.0 Å². The second-order valence-corrected chi connectivity index (χ2v) is 10.7. The number of hydrogen-bond donors (Lipinski definition) is 1. The summed E-state index contributed by atoms with van der Waals surface area (Å²) < 4.78 is 38.3. The molecule has 0 fully saturated rings. The van der Waals surface area contributed by atoms with E-state index in [1.807, 2.05) is 36.4 Å². The highest BCUT2D eigenvalue weighted by Gasteiger charge is 2.21. The average Bonchev–Trinajstić information content (AvgIpc) is 2.91.